The van der Waals surface area contributed by atoms with E-state index in [1.165, 1.54) is 18.2 Å². The maximum absolute atomic E-state index is 13.9. The Morgan fingerprint density at radius 3 is 2.41 bits per heavy atom. The molecule has 2 aliphatic heterocycles. The Morgan fingerprint density at radius 2 is 1.76 bits per heavy atom. The number of alkyl halides is 3. The minimum Gasteiger partial charge on any atom is -0.381 e. The first-order chi connectivity index (χ1) is 16.3. The molecular formula is C25H30F4N4O. The van der Waals surface area contributed by atoms with Crippen molar-refractivity contribution in [2.75, 3.05) is 38.2 Å². The van der Waals surface area contributed by atoms with Gasteiger partial charge in [0.2, 0.25) is 0 Å². The molecule has 5 rings (SSSR count). The lowest BCUT2D eigenvalue weighted by atomic mass is 10.00. The highest BCUT2D eigenvalue weighted by molar-refractivity contribution is 5.65. The Bertz CT molecular complexity index is 1010. The Labute approximate surface area is 196 Å². The van der Waals surface area contributed by atoms with Crippen molar-refractivity contribution in [3.05, 3.63) is 41.2 Å². The van der Waals surface area contributed by atoms with Crippen molar-refractivity contribution in [1.29, 1.82) is 0 Å². The van der Waals surface area contributed by atoms with Gasteiger partial charge in [-0.2, -0.15) is 13.2 Å². The number of ether oxygens (including phenoxy) is 1. The second-order valence-electron chi connectivity index (χ2n) is 10.1. The summed E-state index contributed by atoms with van der Waals surface area (Å²) in [6.07, 6.45) is -0.667. The smallest absolute Gasteiger partial charge is 0.381 e. The molecule has 1 aliphatic carbocycles. The molecule has 0 amide bonds. The molecule has 2 aromatic rings. The Kier molecular flexibility index (Phi) is 6.50. The van der Waals surface area contributed by atoms with E-state index in [0.717, 1.165) is 64.6 Å². The molecule has 2 atom stereocenters. The van der Waals surface area contributed by atoms with E-state index in [0.29, 0.717) is 28.9 Å². The summed E-state index contributed by atoms with van der Waals surface area (Å²) in [6, 6.07) is 4.90. The Hall–Kier alpha value is -2.26. The van der Waals surface area contributed by atoms with Gasteiger partial charge in [-0.15, -0.1) is 10.2 Å². The third kappa shape index (κ3) is 5.05. The number of benzene rings is 1. The molecule has 2 saturated heterocycles. The van der Waals surface area contributed by atoms with Gasteiger partial charge in [-0.05, 0) is 80.2 Å². The standard InChI is InChI=1S/C25H30F4N4O/c1-15-8-19(26)2-3-21(15)23-11-22(25(27,28)29)24(32-31-23)30-20-9-17-13-33(14-18(17)10-20)12-16-4-6-34-7-5-16/h2-3,8,11,16-18,20H,4-7,9-10,12-14H2,1H3,(H,30,32)/t17-,18-/m1/s1. The molecule has 1 aromatic carbocycles. The first-order valence-corrected chi connectivity index (χ1v) is 12.0. The molecular weight excluding hydrogens is 448 g/mol. The van der Waals surface area contributed by atoms with E-state index < -0.39 is 17.6 Å². The van der Waals surface area contributed by atoms with Gasteiger partial charge in [0.05, 0.1) is 5.69 Å². The van der Waals surface area contributed by atoms with Gasteiger partial charge in [-0.25, -0.2) is 4.39 Å². The van der Waals surface area contributed by atoms with E-state index in [1.807, 2.05) is 0 Å². The number of rotatable bonds is 5. The molecule has 3 fully saturated rings. The van der Waals surface area contributed by atoms with Crippen LogP contribution in [0.15, 0.2) is 24.3 Å². The molecule has 34 heavy (non-hydrogen) atoms. The topological polar surface area (TPSA) is 50.3 Å². The van der Waals surface area contributed by atoms with Crippen molar-refractivity contribution in [3.63, 3.8) is 0 Å². The summed E-state index contributed by atoms with van der Waals surface area (Å²) in [7, 11) is 0. The molecule has 3 heterocycles. The van der Waals surface area contributed by atoms with E-state index in [2.05, 4.69) is 20.4 Å². The number of aromatic nitrogens is 2. The maximum atomic E-state index is 13.9. The number of hydrogen-bond acceptors (Lipinski definition) is 5. The molecule has 1 aromatic heterocycles. The van der Waals surface area contributed by atoms with Crippen molar-refractivity contribution in [1.82, 2.24) is 15.1 Å². The van der Waals surface area contributed by atoms with Gasteiger partial charge in [0, 0.05) is 44.5 Å². The molecule has 184 valence electrons. The van der Waals surface area contributed by atoms with Gasteiger partial charge in [0.1, 0.15) is 11.4 Å². The quantitative estimate of drug-likeness (QED) is 0.602. The molecule has 0 spiro atoms. The van der Waals surface area contributed by atoms with Crippen molar-refractivity contribution < 1.29 is 22.3 Å². The SMILES string of the molecule is Cc1cc(F)ccc1-c1cc(C(F)(F)F)c(NC2C[C@@H]3CN(CC4CCOCC4)C[C@H]3C2)nn1. The van der Waals surface area contributed by atoms with E-state index in [-0.39, 0.29) is 17.6 Å². The average molecular weight is 479 g/mol. The Morgan fingerprint density at radius 1 is 1.06 bits per heavy atom. The van der Waals surface area contributed by atoms with Crippen LogP contribution in [0.4, 0.5) is 23.4 Å². The highest BCUT2D eigenvalue weighted by Crippen LogP contribution is 2.42. The summed E-state index contributed by atoms with van der Waals surface area (Å²) in [5.74, 6) is 1.03. The van der Waals surface area contributed by atoms with E-state index >= 15 is 0 Å². The fourth-order valence-corrected chi connectivity index (χ4v) is 5.91. The van der Waals surface area contributed by atoms with Crippen LogP contribution in [0, 0.1) is 30.5 Å². The van der Waals surface area contributed by atoms with E-state index in [1.54, 1.807) is 6.92 Å². The number of nitrogens with zero attached hydrogens (tertiary/aromatic N) is 3. The van der Waals surface area contributed by atoms with Gasteiger partial charge in [0.15, 0.2) is 5.82 Å². The minimum absolute atomic E-state index is 0.0472. The fraction of sp³-hybridized carbons (Fsp3) is 0.600. The van der Waals surface area contributed by atoms with Gasteiger partial charge in [-0.3, -0.25) is 0 Å². The number of fused-ring (bicyclic) bond motifs is 1. The van der Waals surface area contributed by atoms with Gasteiger partial charge >= 0.3 is 6.18 Å². The number of aryl methyl sites for hydroxylation is 1. The fourth-order valence-electron chi connectivity index (χ4n) is 5.91. The summed E-state index contributed by atoms with van der Waals surface area (Å²) < 4.78 is 60.6. The number of anilines is 1. The highest BCUT2D eigenvalue weighted by atomic mass is 19.4. The molecule has 0 unspecified atom stereocenters. The zero-order valence-corrected chi connectivity index (χ0v) is 19.2. The summed E-state index contributed by atoms with van der Waals surface area (Å²) in [5, 5.41) is 11.0. The van der Waals surface area contributed by atoms with Gasteiger partial charge in [-0.1, -0.05) is 0 Å². The summed E-state index contributed by atoms with van der Waals surface area (Å²) in [6.45, 7) is 6.46. The Balaban J connectivity index is 1.26. The predicted octanol–water partition coefficient (Wildman–Crippen LogP) is 5.16. The zero-order valence-electron chi connectivity index (χ0n) is 19.2. The van der Waals surface area contributed by atoms with Crippen LogP contribution in [0.2, 0.25) is 0 Å². The number of nitrogens with one attached hydrogen (secondary N) is 1. The van der Waals surface area contributed by atoms with Crippen LogP contribution in [-0.2, 0) is 10.9 Å². The summed E-state index contributed by atoms with van der Waals surface area (Å²) >= 11 is 0. The maximum Gasteiger partial charge on any atom is 0.420 e. The molecule has 1 N–H and O–H groups in total. The van der Waals surface area contributed by atoms with Crippen molar-refractivity contribution in [2.24, 2.45) is 17.8 Å². The van der Waals surface area contributed by atoms with Crippen molar-refractivity contribution in [2.45, 2.75) is 44.8 Å². The molecule has 0 radical (unpaired) electrons. The number of halogens is 4. The molecule has 1 saturated carbocycles. The van der Waals surface area contributed by atoms with Gasteiger partial charge < -0.3 is 15.0 Å². The summed E-state index contributed by atoms with van der Waals surface area (Å²) in [5.41, 5.74) is 0.199. The van der Waals surface area contributed by atoms with Crippen LogP contribution in [-0.4, -0.2) is 54.0 Å². The summed E-state index contributed by atoms with van der Waals surface area (Å²) in [4.78, 5) is 2.53. The first kappa shape index (κ1) is 23.5. The zero-order chi connectivity index (χ0) is 23.9. The monoisotopic (exact) mass is 478 g/mol. The van der Waals surface area contributed by atoms with Crippen LogP contribution in [0.25, 0.3) is 11.3 Å². The lowest BCUT2D eigenvalue weighted by Crippen LogP contribution is -2.32. The second-order valence-corrected chi connectivity index (χ2v) is 10.1. The van der Waals surface area contributed by atoms with Crippen LogP contribution in [0.3, 0.4) is 0 Å². The molecule has 0 bridgehead atoms. The first-order valence-electron chi connectivity index (χ1n) is 12.0. The third-order valence-corrected chi connectivity index (χ3v) is 7.59. The highest BCUT2D eigenvalue weighted by Gasteiger charge is 2.43. The largest absolute Gasteiger partial charge is 0.420 e. The minimum atomic E-state index is -4.57. The lowest BCUT2D eigenvalue weighted by Gasteiger charge is -2.28. The molecule has 9 heteroatoms. The molecule has 3 aliphatic rings. The van der Waals surface area contributed by atoms with Crippen LogP contribution in [0.1, 0.15) is 36.8 Å². The molecule has 5 nitrogen and oxygen atoms in total. The third-order valence-electron chi connectivity index (χ3n) is 7.59. The van der Waals surface area contributed by atoms with Crippen LogP contribution in [0.5, 0.6) is 0 Å². The van der Waals surface area contributed by atoms with Crippen molar-refractivity contribution in [3.8, 4) is 11.3 Å². The second kappa shape index (κ2) is 9.41. The van der Waals surface area contributed by atoms with E-state index in [9.17, 15) is 17.6 Å². The van der Waals surface area contributed by atoms with Crippen LogP contribution >= 0.6 is 0 Å². The van der Waals surface area contributed by atoms with Crippen LogP contribution < -0.4 is 5.32 Å². The predicted molar refractivity (Wildman–Crippen MR) is 121 cm³/mol. The normalized spacial score (nSPS) is 24.5. The van der Waals surface area contributed by atoms with E-state index in [4.69, 9.17) is 4.74 Å². The number of hydrogen-bond donors (Lipinski definition) is 1. The average Bonchev–Trinajstić information content (AvgIpc) is 3.32. The lowest BCUT2D eigenvalue weighted by molar-refractivity contribution is -0.137. The van der Waals surface area contributed by atoms with Crippen molar-refractivity contribution >= 4 is 5.82 Å². The van der Waals surface area contributed by atoms with Gasteiger partial charge in [0.25, 0.3) is 0 Å². The number of likely N-dealkylation sites (tertiary alicyclic amines) is 1.